The van der Waals surface area contributed by atoms with Crippen molar-refractivity contribution in [3.05, 3.63) is 69.1 Å². The lowest BCUT2D eigenvalue weighted by Gasteiger charge is -2.24. The first kappa shape index (κ1) is 23.0. The van der Waals surface area contributed by atoms with Crippen molar-refractivity contribution in [3.63, 3.8) is 0 Å². The molecule has 32 heavy (non-hydrogen) atoms. The number of para-hydroxylation sites is 1. The van der Waals surface area contributed by atoms with Crippen LogP contribution in [0.25, 0.3) is 5.69 Å². The van der Waals surface area contributed by atoms with E-state index in [1.807, 2.05) is 43.5 Å². The number of nitrogens with two attached hydrogens (primary N) is 1. The van der Waals surface area contributed by atoms with E-state index in [9.17, 15) is 14.4 Å². The van der Waals surface area contributed by atoms with Crippen LogP contribution in [-0.4, -0.2) is 45.5 Å². The molecule has 0 saturated carbocycles. The molecule has 0 bridgehead atoms. The van der Waals surface area contributed by atoms with Gasteiger partial charge < -0.3 is 15.4 Å². The molecular formula is C22H28N6O4. The molecule has 3 rings (SSSR count). The third kappa shape index (κ3) is 5.14. The fourth-order valence-electron chi connectivity index (χ4n) is 3.42. The average molecular weight is 441 g/mol. The number of hydrogen-bond donors (Lipinski definition) is 2. The maximum absolute atomic E-state index is 13.1. The van der Waals surface area contributed by atoms with Crippen LogP contribution in [0.5, 0.6) is 0 Å². The van der Waals surface area contributed by atoms with Gasteiger partial charge in [0.1, 0.15) is 5.82 Å². The number of nitrogen functional groups attached to an aromatic ring is 1. The predicted molar refractivity (Wildman–Crippen MR) is 122 cm³/mol. The molecule has 0 radical (unpaired) electrons. The van der Waals surface area contributed by atoms with Crippen molar-refractivity contribution in [2.75, 3.05) is 30.9 Å². The maximum atomic E-state index is 13.1. The summed E-state index contributed by atoms with van der Waals surface area (Å²) in [5, 5.41) is 4.35. The number of amides is 1. The second-order valence-corrected chi connectivity index (χ2v) is 7.31. The first-order valence-electron chi connectivity index (χ1n) is 10.5. The van der Waals surface area contributed by atoms with Crippen LogP contribution in [0, 0.1) is 0 Å². The van der Waals surface area contributed by atoms with Crippen LogP contribution in [-0.2, 0) is 22.5 Å². The lowest BCUT2D eigenvalue weighted by atomic mass is 10.2. The van der Waals surface area contributed by atoms with Gasteiger partial charge in [0.15, 0.2) is 5.69 Å². The molecule has 0 aliphatic heterocycles. The second-order valence-electron chi connectivity index (χ2n) is 7.31. The van der Waals surface area contributed by atoms with Crippen molar-refractivity contribution in [2.24, 2.45) is 0 Å². The van der Waals surface area contributed by atoms with Gasteiger partial charge in [-0.05, 0) is 30.5 Å². The summed E-state index contributed by atoms with van der Waals surface area (Å²) in [6, 6.07) is 9.66. The highest BCUT2D eigenvalue weighted by molar-refractivity contribution is 5.95. The number of carbonyl (C=O) groups excluding carboxylic acids is 1. The Morgan fingerprint density at radius 3 is 2.69 bits per heavy atom. The number of methoxy groups -OCH3 is 1. The van der Waals surface area contributed by atoms with E-state index < -0.39 is 11.2 Å². The van der Waals surface area contributed by atoms with E-state index in [1.54, 1.807) is 10.9 Å². The Kier molecular flexibility index (Phi) is 7.61. The Hall–Kier alpha value is -3.66. The molecule has 2 aromatic heterocycles. The van der Waals surface area contributed by atoms with Gasteiger partial charge in [-0.1, -0.05) is 25.1 Å². The van der Waals surface area contributed by atoms with Gasteiger partial charge in [0.05, 0.1) is 18.5 Å². The molecule has 0 atom stereocenters. The fraction of sp³-hybridized carbons (Fsp3) is 0.364. The molecule has 3 N–H and O–H groups in total. The number of nitrogens with one attached hydrogen (secondary N) is 1. The quantitative estimate of drug-likeness (QED) is 0.489. The molecule has 10 heteroatoms. The van der Waals surface area contributed by atoms with Crippen LogP contribution < -0.4 is 21.9 Å². The van der Waals surface area contributed by atoms with Crippen LogP contribution in [0.1, 0.15) is 25.3 Å². The summed E-state index contributed by atoms with van der Waals surface area (Å²) in [6.07, 6.45) is 4.79. The molecule has 0 aliphatic carbocycles. The van der Waals surface area contributed by atoms with Gasteiger partial charge in [0, 0.05) is 32.8 Å². The summed E-state index contributed by atoms with van der Waals surface area (Å²) in [5.74, 6) is -0.324. The molecule has 10 nitrogen and oxygen atoms in total. The van der Waals surface area contributed by atoms with Crippen LogP contribution in [0.15, 0.2) is 52.3 Å². The van der Waals surface area contributed by atoms with E-state index in [0.29, 0.717) is 19.4 Å². The van der Waals surface area contributed by atoms with Crippen molar-refractivity contribution >= 4 is 17.4 Å². The molecule has 3 aromatic rings. The zero-order valence-corrected chi connectivity index (χ0v) is 18.3. The van der Waals surface area contributed by atoms with E-state index >= 15 is 0 Å². The highest BCUT2D eigenvalue weighted by Crippen LogP contribution is 2.19. The zero-order chi connectivity index (χ0) is 23.1. The van der Waals surface area contributed by atoms with Crippen molar-refractivity contribution in [1.29, 1.82) is 0 Å². The number of H-pyrrole nitrogens is 1. The highest BCUT2D eigenvalue weighted by atomic mass is 16.5. The van der Waals surface area contributed by atoms with E-state index in [4.69, 9.17) is 10.5 Å². The molecule has 170 valence electrons. The van der Waals surface area contributed by atoms with Gasteiger partial charge in [-0.3, -0.25) is 19.1 Å². The lowest BCUT2D eigenvalue weighted by Crippen LogP contribution is -2.42. The fourth-order valence-corrected chi connectivity index (χ4v) is 3.42. The first-order chi connectivity index (χ1) is 15.5. The largest absolute Gasteiger partial charge is 0.383 e. The number of nitrogens with zero attached hydrogens (tertiary/aromatic N) is 4. The smallest absolute Gasteiger partial charge is 0.330 e. The summed E-state index contributed by atoms with van der Waals surface area (Å²) < 4.78 is 8.12. The monoisotopic (exact) mass is 440 g/mol. The lowest BCUT2D eigenvalue weighted by molar-refractivity contribution is -0.118. The number of ether oxygens (including phenoxy) is 1. The molecular weight excluding hydrogens is 412 g/mol. The second kappa shape index (κ2) is 10.6. The Morgan fingerprint density at radius 2 is 2.00 bits per heavy atom. The highest BCUT2D eigenvalue weighted by Gasteiger charge is 2.24. The Bertz CT molecular complexity index is 1170. The Morgan fingerprint density at radius 1 is 1.25 bits per heavy atom. The van der Waals surface area contributed by atoms with Gasteiger partial charge in [0.25, 0.3) is 5.56 Å². The normalized spacial score (nSPS) is 10.9. The van der Waals surface area contributed by atoms with Crippen molar-refractivity contribution < 1.29 is 9.53 Å². The van der Waals surface area contributed by atoms with Gasteiger partial charge >= 0.3 is 5.69 Å². The van der Waals surface area contributed by atoms with E-state index in [1.165, 1.54) is 16.6 Å². The van der Waals surface area contributed by atoms with Gasteiger partial charge in [-0.25, -0.2) is 9.48 Å². The number of hydrogen-bond acceptors (Lipinski definition) is 6. The van der Waals surface area contributed by atoms with Crippen molar-refractivity contribution in [1.82, 2.24) is 19.3 Å². The number of carbonyl (C=O) groups is 1. The number of aryl methyl sites for hydroxylation is 1. The van der Waals surface area contributed by atoms with Crippen molar-refractivity contribution in [3.8, 4) is 5.69 Å². The first-order valence-corrected chi connectivity index (χ1v) is 10.5. The minimum atomic E-state index is -0.693. The number of benzene rings is 1. The Labute approximate surface area is 185 Å². The number of rotatable bonds is 10. The average Bonchev–Trinajstić information content (AvgIpc) is 3.27. The summed E-state index contributed by atoms with van der Waals surface area (Å²) in [6.45, 7) is 2.57. The molecule has 0 aliphatic rings. The van der Waals surface area contributed by atoms with Crippen LogP contribution in [0.4, 0.5) is 11.5 Å². The van der Waals surface area contributed by atoms with Gasteiger partial charge in [0.2, 0.25) is 5.91 Å². The minimum Gasteiger partial charge on any atom is -0.383 e. The number of anilines is 2. The molecule has 2 heterocycles. The standard InChI is InChI=1S/C22H28N6O4/c1-3-11-27-20(23)19(21(30)25-22(27)31)26(12-13-32-2)18(29)10-9-16-14-24-28(15-16)17-7-5-4-6-8-17/h4-8,14-15H,3,9-13,23H2,1-2H3,(H,25,30,31). The topological polar surface area (TPSA) is 128 Å². The molecule has 0 fully saturated rings. The third-order valence-electron chi connectivity index (χ3n) is 5.04. The molecule has 1 amide bonds. The molecule has 0 spiro atoms. The molecule has 1 aromatic carbocycles. The van der Waals surface area contributed by atoms with Crippen LogP contribution in [0.3, 0.4) is 0 Å². The zero-order valence-electron chi connectivity index (χ0n) is 18.3. The van der Waals surface area contributed by atoms with Crippen LogP contribution >= 0.6 is 0 Å². The molecule has 0 unspecified atom stereocenters. The minimum absolute atomic E-state index is 0.0260. The summed E-state index contributed by atoms with van der Waals surface area (Å²) in [5.41, 5.74) is 6.64. The van der Waals surface area contributed by atoms with E-state index in [-0.39, 0.29) is 37.0 Å². The predicted octanol–water partition coefficient (Wildman–Crippen LogP) is 1.33. The van der Waals surface area contributed by atoms with Crippen LogP contribution in [0.2, 0.25) is 0 Å². The Balaban J connectivity index is 1.82. The summed E-state index contributed by atoms with van der Waals surface area (Å²) >= 11 is 0. The van der Waals surface area contributed by atoms with Crippen molar-refractivity contribution in [2.45, 2.75) is 32.7 Å². The van der Waals surface area contributed by atoms with E-state index in [2.05, 4.69) is 10.1 Å². The number of aromatic amines is 1. The third-order valence-corrected chi connectivity index (χ3v) is 5.04. The SMILES string of the molecule is CCCn1c(N)c(N(CCOC)C(=O)CCc2cnn(-c3ccccc3)c2)c(=O)[nH]c1=O. The van der Waals surface area contributed by atoms with Gasteiger partial charge in [-0.2, -0.15) is 5.10 Å². The number of aromatic nitrogens is 4. The van der Waals surface area contributed by atoms with E-state index in [0.717, 1.165) is 11.3 Å². The summed E-state index contributed by atoms with van der Waals surface area (Å²) in [4.78, 5) is 41.4. The molecule has 0 saturated heterocycles. The summed E-state index contributed by atoms with van der Waals surface area (Å²) in [7, 11) is 1.51. The van der Waals surface area contributed by atoms with Gasteiger partial charge in [-0.15, -0.1) is 0 Å². The maximum Gasteiger partial charge on any atom is 0.330 e.